The molecule has 2 aromatic carbocycles. The Bertz CT molecular complexity index is 1680. The van der Waals surface area contributed by atoms with E-state index in [1.165, 1.54) is 4.88 Å². The molecule has 1 aliphatic carbocycles. The fraction of sp³-hybridized carbons (Fsp3) is 0.242. The average molecular weight is 549 g/mol. The van der Waals surface area contributed by atoms with Crippen LogP contribution in [0.25, 0.3) is 11.1 Å². The van der Waals surface area contributed by atoms with E-state index in [-0.39, 0.29) is 11.5 Å². The SMILES string of the molecule is Cc1ccc(NC(=O)c2c(-n3c(C)cc(/C=C(/C#N)C(=O)Nc4ccccc4C)c3C)sc3c2CCCC3)cc1. The highest BCUT2D eigenvalue weighted by Gasteiger charge is 2.28. The smallest absolute Gasteiger partial charge is 0.266 e. The van der Waals surface area contributed by atoms with Crippen molar-refractivity contribution in [1.82, 2.24) is 4.57 Å². The Balaban J connectivity index is 1.53. The Morgan fingerprint density at radius 3 is 2.42 bits per heavy atom. The fourth-order valence-electron chi connectivity index (χ4n) is 5.23. The van der Waals surface area contributed by atoms with Crippen LogP contribution >= 0.6 is 11.3 Å². The lowest BCUT2D eigenvalue weighted by atomic mass is 9.95. The van der Waals surface area contributed by atoms with Crippen molar-refractivity contribution in [2.24, 2.45) is 0 Å². The average Bonchev–Trinajstić information content (AvgIpc) is 3.45. The second-order valence-electron chi connectivity index (χ2n) is 10.3. The van der Waals surface area contributed by atoms with E-state index in [4.69, 9.17) is 0 Å². The molecule has 0 saturated heterocycles. The number of fused-ring (bicyclic) bond motifs is 1. The van der Waals surface area contributed by atoms with Crippen molar-refractivity contribution in [2.45, 2.75) is 53.4 Å². The minimum absolute atomic E-state index is 0.0197. The molecule has 0 radical (unpaired) electrons. The summed E-state index contributed by atoms with van der Waals surface area (Å²) in [6.45, 7) is 7.89. The molecule has 0 spiro atoms. The van der Waals surface area contributed by atoms with Crippen molar-refractivity contribution in [2.75, 3.05) is 10.6 Å². The van der Waals surface area contributed by atoms with Crippen LogP contribution in [0, 0.1) is 39.0 Å². The van der Waals surface area contributed by atoms with Gasteiger partial charge in [-0.3, -0.25) is 9.59 Å². The molecule has 40 heavy (non-hydrogen) atoms. The number of nitrogens with zero attached hydrogens (tertiary/aromatic N) is 2. The van der Waals surface area contributed by atoms with Crippen LogP contribution in [0.1, 0.15) is 61.7 Å². The van der Waals surface area contributed by atoms with Gasteiger partial charge in [0, 0.05) is 27.6 Å². The van der Waals surface area contributed by atoms with Gasteiger partial charge in [0.25, 0.3) is 11.8 Å². The highest BCUT2D eigenvalue weighted by atomic mass is 32.1. The summed E-state index contributed by atoms with van der Waals surface area (Å²) in [4.78, 5) is 28.0. The normalized spacial score (nSPS) is 12.9. The molecule has 0 fully saturated rings. The van der Waals surface area contributed by atoms with Crippen LogP contribution in [0.5, 0.6) is 0 Å². The van der Waals surface area contributed by atoms with E-state index in [0.717, 1.165) is 75.6 Å². The summed E-state index contributed by atoms with van der Waals surface area (Å²) in [5.41, 5.74) is 7.94. The monoisotopic (exact) mass is 548 g/mol. The molecule has 0 unspecified atom stereocenters. The van der Waals surface area contributed by atoms with Gasteiger partial charge in [0.2, 0.25) is 0 Å². The number of aryl methyl sites for hydroxylation is 4. The largest absolute Gasteiger partial charge is 0.322 e. The molecule has 5 rings (SSSR count). The van der Waals surface area contributed by atoms with Gasteiger partial charge in [0.1, 0.15) is 16.6 Å². The zero-order valence-corrected chi connectivity index (χ0v) is 24.0. The number of nitrogens with one attached hydrogen (secondary N) is 2. The number of carbonyl (C=O) groups excluding carboxylic acids is 2. The second-order valence-corrected chi connectivity index (χ2v) is 11.4. The third-order valence-electron chi connectivity index (χ3n) is 7.42. The van der Waals surface area contributed by atoms with E-state index in [1.807, 2.05) is 82.3 Å². The Hall–Kier alpha value is -4.41. The standard InChI is InChI=1S/C33H32N4O2S/c1-20-13-15-26(16-14-20)35-32(39)30-27-10-6-8-12-29(27)40-33(30)37-22(3)17-24(23(37)4)18-25(19-34)31(38)36-28-11-7-5-9-21(28)2/h5,7,9,11,13-18H,6,8,10,12H2,1-4H3,(H,35,39)(H,36,38)/b25-18-. The fourth-order valence-corrected chi connectivity index (χ4v) is 6.72. The third-order valence-corrected chi connectivity index (χ3v) is 8.70. The van der Waals surface area contributed by atoms with Crippen molar-refractivity contribution in [3.63, 3.8) is 0 Å². The number of para-hydroxylation sites is 1. The van der Waals surface area contributed by atoms with Crippen LogP contribution in [0.15, 0.2) is 60.2 Å². The molecule has 4 aromatic rings. The van der Waals surface area contributed by atoms with E-state index in [9.17, 15) is 14.9 Å². The number of anilines is 2. The first kappa shape index (κ1) is 27.2. The molecule has 7 heteroatoms. The first-order chi connectivity index (χ1) is 19.3. The highest BCUT2D eigenvalue weighted by Crippen LogP contribution is 2.39. The molecular weight excluding hydrogens is 516 g/mol. The van der Waals surface area contributed by atoms with Gasteiger partial charge in [-0.15, -0.1) is 11.3 Å². The van der Waals surface area contributed by atoms with Gasteiger partial charge in [-0.05, 0) is 100 Å². The lowest BCUT2D eigenvalue weighted by Crippen LogP contribution is -2.17. The molecule has 0 saturated carbocycles. The van der Waals surface area contributed by atoms with Crippen LogP contribution < -0.4 is 10.6 Å². The van der Waals surface area contributed by atoms with Crippen molar-refractivity contribution < 1.29 is 9.59 Å². The highest BCUT2D eigenvalue weighted by molar-refractivity contribution is 7.15. The van der Waals surface area contributed by atoms with E-state index in [0.29, 0.717) is 5.69 Å². The summed E-state index contributed by atoms with van der Waals surface area (Å²) in [5.74, 6) is -0.565. The minimum Gasteiger partial charge on any atom is -0.322 e. The van der Waals surface area contributed by atoms with Gasteiger partial charge in [-0.1, -0.05) is 35.9 Å². The van der Waals surface area contributed by atoms with E-state index in [1.54, 1.807) is 17.4 Å². The zero-order valence-electron chi connectivity index (χ0n) is 23.2. The summed E-state index contributed by atoms with van der Waals surface area (Å²) in [6.07, 6.45) is 5.66. The van der Waals surface area contributed by atoms with E-state index < -0.39 is 5.91 Å². The molecule has 0 aliphatic heterocycles. The molecule has 2 aromatic heterocycles. The van der Waals surface area contributed by atoms with Crippen LogP contribution in [0.3, 0.4) is 0 Å². The minimum atomic E-state index is -0.452. The van der Waals surface area contributed by atoms with Crippen molar-refractivity contribution in [3.8, 4) is 11.1 Å². The predicted octanol–water partition coefficient (Wildman–Crippen LogP) is 7.45. The number of rotatable bonds is 6. The maximum Gasteiger partial charge on any atom is 0.266 e. The Kier molecular flexibility index (Phi) is 7.72. The van der Waals surface area contributed by atoms with Crippen molar-refractivity contribution >= 4 is 40.6 Å². The Morgan fingerprint density at radius 2 is 1.70 bits per heavy atom. The van der Waals surface area contributed by atoms with Crippen molar-refractivity contribution in [1.29, 1.82) is 5.26 Å². The molecular formula is C33H32N4O2S. The molecule has 0 bridgehead atoms. The van der Waals surface area contributed by atoms with Gasteiger partial charge < -0.3 is 15.2 Å². The lowest BCUT2D eigenvalue weighted by Gasteiger charge is -2.14. The first-order valence-electron chi connectivity index (χ1n) is 13.5. The van der Waals surface area contributed by atoms with Crippen LogP contribution in [0.4, 0.5) is 11.4 Å². The summed E-state index contributed by atoms with van der Waals surface area (Å²) < 4.78 is 2.09. The Labute approximate surface area is 239 Å². The zero-order chi connectivity index (χ0) is 28.4. The van der Waals surface area contributed by atoms with Crippen LogP contribution in [-0.2, 0) is 17.6 Å². The molecule has 202 valence electrons. The number of hydrogen-bond acceptors (Lipinski definition) is 4. The number of carbonyl (C=O) groups is 2. The maximum atomic E-state index is 13.7. The third kappa shape index (κ3) is 5.36. The molecule has 2 N–H and O–H groups in total. The van der Waals surface area contributed by atoms with E-state index in [2.05, 4.69) is 21.3 Å². The predicted molar refractivity (Wildman–Crippen MR) is 162 cm³/mol. The van der Waals surface area contributed by atoms with Gasteiger partial charge >= 0.3 is 0 Å². The number of hydrogen-bond donors (Lipinski definition) is 2. The number of thiophene rings is 1. The lowest BCUT2D eigenvalue weighted by molar-refractivity contribution is -0.112. The van der Waals surface area contributed by atoms with Crippen molar-refractivity contribution in [3.05, 3.63) is 104 Å². The summed E-state index contributed by atoms with van der Waals surface area (Å²) >= 11 is 1.67. The molecule has 6 nitrogen and oxygen atoms in total. The summed E-state index contributed by atoms with van der Waals surface area (Å²) in [6, 6.07) is 19.3. The quantitative estimate of drug-likeness (QED) is 0.194. The summed E-state index contributed by atoms with van der Waals surface area (Å²) in [7, 11) is 0. The maximum absolute atomic E-state index is 13.7. The van der Waals surface area contributed by atoms with Gasteiger partial charge in [0.05, 0.1) is 5.56 Å². The first-order valence-corrected chi connectivity index (χ1v) is 14.3. The summed E-state index contributed by atoms with van der Waals surface area (Å²) in [5, 5.41) is 16.7. The Morgan fingerprint density at radius 1 is 0.975 bits per heavy atom. The number of benzene rings is 2. The van der Waals surface area contributed by atoms with Gasteiger partial charge in [-0.2, -0.15) is 5.26 Å². The second kappa shape index (κ2) is 11.4. The molecule has 0 atom stereocenters. The number of amides is 2. The van der Waals surface area contributed by atoms with Gasteiger partial charge in [-0.25, -0.2) is 0 Å². The molecule has 2 amide bonds. The van der Waals surface area contributed by atoms with Crippen LogP contribution in [-0.4, -0.2) is 16.4 Å². The van der Waals surface area contributed by atoms with Gasteiger partial charge in [0.15, 0.2) is 0 Å². The topological polar surface area (TPSA) is 86.9 Å². The molecule has 1 aliphatic rings. The van der Waals surface area contributed by atoms with E-state index >= 15 is 0 Å². The number of aromatic nitrogens is 1. The van der Waals surface area contributed by atoms with Crippen LogP contribution in [0.2, 0.25) is 0 Å². The number of nitriles is 1. The molecule has 2 heterocycles.